The van der Waals surface area contributed by atoms with Crippen LogP contribution in [0, 0.1) is 11.3 Å². The zero-order chi connectivity index (χ0) is 10.5. The van der Waals surface area contributed by atoms with E-state index in [2.05, 4.69) is 35.2 Å². The van der Waals surface area contributed by atoms with Gasteiger partial charge in [-0.25, -0.2) is 0 Å². The first kappa shape index (κ1) is 10.0. The van der Waals surface area contributed by atoms with Gasteiger partial charge in [0.05, 0.1) is 6.07 Å². The molecular weight excluding hydrogens is 184 g/mol. The first-order valence-corrected chi connectivity index (χ1v) is 5.61. The number of benzene rings is 1. The minimum absolute atomic E-state index is 0.690. The van der Waals surface area contributed by atoms with Gasteiger partial charge in [0, 0.05) is 25.2 Å². The molecule has 1 aromatic carbocycles. The molecule has 1 aliphatic rings. The Kier molecular flexibility index (Phi) is 3.24. The molecule has 2 nitrogen and oxygen atoms in total. The molecule has 0 aromatic heterocycles. The molecule has 0 atom stereocenters. The maximum atomic E-state index is 8.45. The van der Waals surface area contributed by atoms with Crippen LogP contribution in [0.25, 0.3) is 0 Å². The first-order chi connectivity index (χ1) is 7.42. The summed E-state index contributed by atoms with van der Waals surface area (Å²) in [5.74, 6) is 0. The molecule has 0 amide bonds. The van der Waals surface area contributed by atoms with E-state index in [-0.39, 0.29) is 0 Å². The number of nitrogens with zero attached hydrogens (tertiary/aromatic N) is 2. The molecule has 0 N–H and O–H groups in total. The van der Waals surface area contributed by atoms with E-state index >= 15 is 0 Å². The fourth-order valence-electron chi connectivity index (χ4n) is 2.15. The van der Waals surface area contributed by atoms with E-state index in [0.29, 0.717) is 6.42 Å². The van der Waals surface area contributed by atoms with Gasteiger partial charge in [-0.1, -0.05) is 18.2 Å². The van der Waals surface area contributed by atoms with Crippen LogP contribution in [0.1, 0.15) is 24.8 Å². The number of fused-ring (bicyclic) bond motifs is 1. The van der Waals surface area contributed by atoms with E-state index in [1.54, 1.807) is 0 Å². The number of rotatable bonds is 4. The lowest BCUT2D eigenvalue weighted by molar-refractivity contribution is 0.711. The van der Waals surface area contributed by atoms with Crippen molar-refractivity contribution in [2.24, 2.45) is 0 Å². The van der Waals surface area contributed by atoms with Crippen molar-refractivity contribution in [1.29, 1.82) is 5.26 Å². The van der Waals surface area contributed by atoms with Gasteiger partial charge in [-0.3, -0.25) is 0 Å². The second-order valence-electron chi connectivity index (χ2n) is 3.98. The average Bonchev–Trinajstić information content (AvgIpc) is 2.68. The van der Waals surface area contributed by atoms with Crippen LogP contribution in [0.3, 0.4) is 0 Å². The highest BCUT2D eigenvalue weighted by atomic mass is 15.1. The summed E-state index contributed by atoms with van der Waals surface area (Å²) in [5, 5.41) is 8.45. The fraction of sp³-hybridized carbons (Fsp3) is 0.462. The first-order valence-electron chi connectivity index (χ1n) is 5.61. The maximum absolute atomic E-state index is 8.45. The van der Waals surface area contributed by atoms with Crippen molar-refractivity contribution in [3.8, 4) is 6.07 Å². The molecule has 1 heterocycles. The van der Waals surface area contributed by atoms with E-state index < -0.39 is 0 Å². The summed E-state index contributed by atoms with van der Waals surface area (Å²) in [6, 6.07) is 10.8. The van der Waals surface area contributed by atoms with Crippen molar-refractivity contribution in [2.45, 2.75) is 25.7 Å². The molecule has 0 unspecified atom stereocenters. The Balaban J connectivity index is 1.88. The Hall–Kier alpha value is -1.49. The lowest BCUT2D eigenvalue weighted by atomic mass is 10.2. The molecular formula is C13H16N2. The molecule has 0 fully saturated rings. The summed E-state index contributed by atoms with van der Waals surface area (Å²) >= 11 is 0. The maximum Gasteiger partial charge on any atom is 0.0621 e. The normalized spacial score (nSPS) is 13.7. The topological polar surface area (TPSA) is 27.0 Å². The Morgan fingerprint density at radius 3 is 3.00 bits per heavy atom. The zero-order valence-electron chi connectivity index (χ0n) is 8.95. The van der Waals surface area contributed by atoms with E-state index in [9.17, 15) is 0 Å². The molecule has 0 radical (unpaired) electrons. The van der Waals surface area contributed by atoms with Gasteiger partial charge in [-0.15, -0.1) is 0 Å². The highest BCUT2D eigenvalue weighted by molar-refractivity contribution is 5.57. The SMILES string of the molecule is N#CCCCCN1CCc2ccccc21. The molecule has 1 aromatic rings. The molecule has 78 valence electrons. The lowest BCUT2D eigenvalue weighted by Gasteiger charge is -2.18. The summed E-state index contributed by atoms with van der Waals surface area (Å²) < 4.78 is 0. The smallest absolute Gasteiger partial charge is 0.0621 e. The number of nitriles is 1. The van der Waals surface area contributed by atoms with E-state index in [4.69, 9.17) is 5.26 Å². The second kappa shape index (κ2) is 4.84. The van der Waals surface area contributed by atoms with Crippen molar-refractivity contribution in [3.63, 3.8) is 0 Å². The lowest BCUT2D eigenvalue weighted by Crippen LogP contribution is -2.21. The highest BCUT2D eigenvalue weighted by Gasteiger charge is 2.16. The van der Waals surface area contributed by atoms with Gasteiger partial charge in [-0.05, 0) is 30.9 Å². The largest absolute Gasteiger partial charge is 0.371 e. The summed E-state index contributed by atoms with van der Waals surface area (Å²) in [6.07, 6.45) is 4.01. The summed E-state index contributed by atoms with van der Waals surface area (Å²) in [7, 11) is 0. The molecule has 0 saturated heterocycles. The van der Waals surface area contributed by atoms with Gasteiger partial charge in [0.1, 0.15) is 0 Å². The molecule has 0 saturated carbocycles. The zero-order valence-corrected chi connectivity index (χ0v) is 8.95. The Bertz CT molecular complexity index is 365. The van der Waals surface area contributed by atoms with Crippen LogP contribution in [0.2, 0.25) is 0 Å². The summed E-state index contributed by atoms with van der Waals surface area (Å²) in [5.41, 5.74) is 2.87. The van der Waals surface area contributed by atoms with Crippen LogP contribution in [-0.2, 0) is 6.42 Å². The monoisotopic (exact) mass is 200 g/mol. The van der Waals surface area contributed by atoms with Crippen LogP contribution in [0.4, 0.5) is 5.69 Å². The van der Waals surface area contributed by atoms with Gasteiger partial charge in [-0.2, -0.15) is 5.26 Å². The van der Waals surface area contributed by atoms with Gasteiger partial charge in [0.15, 0.2) is 0 Å². The van der Waals surface area contributed by atoms with Crippen LogP contribution in [0.15, 0.2) is 24.3 Å². The highest BCUT2D eigenvalue weighted by Crippen LogP contribution is 2.27. The second-order valence-corrected chi connectivity index (χ2v) is 3.98. The molecule has 0 bridgehead atoms. The predicted octanol–water partition coefficient (Wildman–Crippen LogP) is 2.74. The molecule has 0 aliphatic carbocycles. The van der Waals surface area contributed by atoms with Crippen LogP contribution >= 0.6 is 0 Å². The number of hydrogen-bond donors (Lipinski definition) is 0. The fourth-order valence-corrected chi connectivity index (χ4v) is 2.15. The minimum atomic E-state index is 0.690. The van der Waals surface area contributed by atoms with Crippen molar-refractivity contribution < 1.29 is 0 Å². The van der Waals surface area contributed by atoms with Gasteiger partial charge >= 0.3 is 0 Å². The molecule has 2 heteroatoms. The molecule has 15 heavy (non-hydrogen) atoms. The van der Waals surface area contributed by atoms with Crippen molar-refractivity contribution >= 4 is 5.69 Å². The summed E-state index contributed by atoms with van der Waals surface area (Å²) in [4.78, 5) is 2.44. The summed E-state index contributed by atoms with van der Waals surface area (Å²) in [6.45, 7) is 2.24. The minimum Gasteiger partial charge on any atom is -0.371 e. The number of hydrogen-bond acceptors (Lipinski definition) is 2. The quantitative estimate of drug-likeness (QED) is 0.699. The predicted molar refractivity (Wildman–Crippen MR) is 61.8 cm³/mol. The van der Waals surface area contributed by atoms with Crippen LogP contribution < -0.4 is 4.90 Å². The van der Waals surface area contributed by atoms with Crippen molar-refractivity contribution in [2.75, 3.05) is 18.0 Å². The Labute approximate surface area is 91.1 Å². The molecule has 2 rings (SSSR count). The third-order valence-electron chi connectivity index (χ3n) is 2.95. The van der Waals surface area contributed by atoms with Gasteiger partial charge < -0.3 is 4.90 Å². The molecule has 1 aliphatic heterocycles. The third kappa shape index (κ3) is 2.30. The Morgan fingerprint density at radius 2 is 2.13 bits per heavy atom. The Morgan fingerprint density at radius 1 is 1.27 bits per heavy atom. The van der Waals surface area contributed by atoms with Crippen LogP contribution in [0.5, 0.6) is 0 Å². The number of anilines is 1. The number of para-hydroxylation sites is 1. The van der Waals surface area contributed by atoms with Crippen molar-refractivity contribution in [3.05, 3.63) is 29.8 Å². The van der Waals surface area contributed by atoms with Crippen LogP contribution in [-0.4, -0.2) is 13.1 Å². The van der Waals surface area contributed by atoms with E-state index in [0.717, 1.165) is 25.9 Å². The third-order valence-corrected chi connectivity index (χ3v) is 2.95. The van der Waals surface area contributed by atoms with E-state index in [1.807, 2.05) is 0 Å². The average molecular weight is 200 g/mol. The molecule has 0 spiro atoms. The van der Waals surface area contributed by atoms with Gasteiger partial charge in [0.25, 0.3) is 0 Å². The standard InChI is InChI=1S/C13H16N2/c14-9-4-1-5-10-15-11-8-12-6-2-3-7-13(12)15/h2-3,6-7H,1,4-5,8,10-11H2. The van der Waals surface area contributed by atoms with Crippen molar-refractivity contribution in [1.82, 2.24) is 0 Å². The number of unbranched alkanes of at least 4 members (excludes halogenated alkanes) is 2. The van der Waals surface area contributed by atoms with Gasteiger partial charge in [0.2, 0.25) is 0 Å². The van der Waals surface area contributed by atoms with E-state index in [1.165, 1.54) is 17.7 Å².